The molecule has 0 aliphatic carbocycles. The molecule has 0 amide bonds. The smallest absolute Gasteiger partial charge is 0.313 e. The highest BCUT2D eigenvalue weighted by atomic mass is 16.5. The molecule has 22 heavy (non-hydrogen) atoms. The topological polar surface area (TPSA) is 63.6 Å². The summed E-state index contributed by atoms with van der Waals surface area (Å²) in [5.74, 6) is -2.07. The minimum absolute atomic E-state index is 0.207. The first kappa shape index (κ1) is 20.7. The third kappa shape index (κ3) is 12.4. The van der Waals surface area contributed by atoms with Gasteiger partial charge >= 0.3 is 11.9 Å². The van der Waals surface area contributed by atoms with Crippen molar-refractivity contribution in [1.82, 2.24) is 0 Å². The summed E-state index contributed by atoms with van der Waals surface area (Å²) in [6.07, 6.45) is 11.0. The lowest BCUT2D eigenvalue weighted by Gasteiger charge is -2.11. The number of ether oxygens (including phenoxy) is 1. The van der Waals surface area contributed by atoms with Crippen LogP contribution in [0.2, 0.25) is 0 Å². The van der Waals surface area contributed by atoms with Crippen LogP contribution in [0.1, 0.15) is 78.6 Å². The van der Waals surface area contributed by atoms with Gasteiger partial charge in [0.05, 0.1) is 18.9 Å². The summed E-state index contributed by atoms with van der Waals surface area (Å²) < 4.78 is 5.20. The average molecular weight is 312 g/mol. The summed E-state index contributed by atoms with van der Waals surface area (Å²) in [6, 6.07) is 0. The first-order chi connectivity index (χ1) is 10.5. The molecule has 0 spiro atoms. The summed E-state index contributed by atoms with van der Waals surface area (Å²) >= 11 is 0. The summed E-state index contributed by atoms with van der Waals surface area (Å²) in [4.78, 5) is 22.7. The monoisotopic (exact) mass is 312 g/mol. The summed E-state index contributed by atoms with van der Waals surface area (Å²) in [6.45, 7) is 6.29. The second kappa shape index (κ2) is 13.4. The van der Waals surface area contributed by atoms with Crippen molar-refractivity contribution in [3.63, 3.8) is 0 Å². The zero-order chi connectivity index (χ0) is 16.8. The molecular weight excluding hydrogens is 280 g/mol. The number of carboxylic acid groups (broad SMARTS) is 1. The van der Waals surface area contributed by atoms with E-state index in [-0.39, 0.29) is 6.42 Å². The maximum atomic E-state index is 11.9. The summed E-state index contributed by atoms with van der Waals surface area (Å²) in [7, 11) is 0. The number of allylic oxidation sites excluding steroid dienone is 1. The van der Waals surface area contributed by atoms with Crippen molar-refractivity contribution in [3.8, 4) is 0 Å². The lowest BCUT2D eigenvalue weighted by molar-refractivity contribution is -0.151. The van der Waals surface area contributed by atoms with E-state index in [1.807, 2.05) is 13.8 Å². The Morgan fingerprint density at radius 2 is 1.55 bits per heavy atom. The molecule has 0 saturated carbocycles. The van der Waals surface area contributed by atoms with E-state index in [0.29, 0.717) is 6.61 Å². The Kier molecular flexibility index (Phi) is 12.5. The van der Waals surface area contributed by atoms with Crippen LogP contribution in [-0.4, -0.2) is 23.7 Å². The van der Waals surface area contributed by atoms with E-state index in [1.54, 1.807) is 6.08 Å². The number of carbonyl (C=O) groups is 2. The number of hydrogen-bond donors (Lipinski definition) is 1. The highest BCUT2D eigenvalue weighted by Crippen LogP contribution is 2.12. The zero-order valence-electron chi connectivity index (χ0n) is 14.4. The van der Waals surface area contributed by atoms with E-state index < -0.39 is 17.9 Å². The SMILES string of the molecule is CCCCCCCCCCOC(=O)C(C=C(C)C)CC(=O)O. The van der Waals surface area contributed by atoms with E-state index >= 15 is 0 Å². The molecule has 0 aliphatic rings. The molecule has 1 atom stereocenters. The first-order valence-electron chi connectivity index (χ1n) is 8.50. The second-order valence-corrected chi connectivity index (χ2v) is 6.09. The Bertz CT molecular complexity index is 343. The molecule has 0 aromatic rings. The van der Waals surface area contributed by atoms with Crippen molar-refractivity contribution in [2.45, 2.75) is 78.6 Å². The molecule has 0 aromatic carbocycles. The zero-order valence-corrected chi connectivity index (χ0v) is 14.4. The third-order valence-electron chi connectivity index (χ3n) is 3.47. The van der Waals surface area contributed by atoms with Gasteiger partial charge in [-0.3, -0.25) is 9.59 Å². The lowest BCUT2D eigenvalue weighted by Crippen LogP contribution is -2.20. The molecular formula is C18H32O4. The predicted octanol–water partition coefficient (Wildman–Crippen LogP) is 4.73. The molecule has 0 saturated heterocycles. The Morgan fingerprint density at radius 3 is 2.05 bits per heavy atom. The fraction of sp³-hybridized carbons (Fsp3) is 0.778. The number of aliphatic carboxylic acids is 1. The summed E-state index contributed by atoms with van der Waals surface area (Å²) in [5.41, 5.74) is 0.926. The molecule has 0 bridgehead atoms. The van der Waals surface area contributed by atoms with Gasteiger partial charge in [-0.15, -0.1) is 0 Å². The predicted molar refractivity (Wildman–Crippen MR) is 88.7 cm³/mol. The Labute approximate surface area is 134 Å². The maximum absolute atomic E-state index is 11.9. The number of rotatable bonds is 13. The highest BCUT2D eigenvalue weighted by molar-refractivity contribution is 5.80. The van der Waals surface area contributed by atoms with Crippen molar-refractivity contribution in [2.75, 3.05) is 6.61 Å². The van der Waals surface area contributed by atoms with E-state index in [2.05, 4.69) is 6.92 Å². The largest absolute Gasteiger partial charge is 0.481 e. The highest BCUT2D eigenvalue weighted by Gasteiger charge is 2.20. The third-order valence-corrected chi connectivity index (χ3v) is 3.47. The minimum atomic E-state index is -0.980. The van der Waals surface area contributed by atoms with Crippen LogP contribution in [0.3, 0.4) is 0 Å². The lowest BCUT2D eigenvalue weighted by atomic mass is 10.0. The maximum Gasteiger partial charge on any atom is 0.313 e. The Hall–Kier alpha value is -1.32. The van der Waals surface area contributed by atoms with E-state index in [9.17, 15) is 9.59 Å². The molecule has 0 radical (unpaired) electrons. The molecule has 0 heterocycles. The molecule has 128 valence electrons. The van der Waals surface area contributed by atoms with Gasteiger partial charge in [0.1, 0.15) is 0 Å². The summed E-state index contributed by atoms with van der Waals surface area (Å²) in [5, 5.41) is 8.84. The van der Waals surface area contributed by atoms with Crippen LogP contribution < -0.4 is 0 Å². The van der Waals surface area contributed by atoms with Crippen molar-refractivity contribution in [1.29, 1.82) is 0 Å². The number of carbonyl (C=O) groups excluding carboxylic acids is 1. The number of esters is 1. The number of hydrogen-bond acceptors (Lipinski definition) is 3. The van der Waals surface area contributed by atoms with Gasteiger partial charge in [-0.1, -0.05) is 63.5 Å². The van der Waals surface area contributed by atoms with Crippen molar-refractivity contribution in [2.24, 2.45) is 5.92 Å². The molecule has 0 aromatic heterocycles. The molecule has 1 N–H and O–H groups in total. The molecule has 1 unspecified atom stereocenters. The molecule has 4 heteroatoms. The fourth-order valence-electron chi connectivity index (χ4n) is 2.32. The molecule has 0 rings (SSSR count). The quantitative estimate of drug-likeness (QED) is 0.303. The van der Waals surface area contributed by atoms with E-state index in [1.165, 1.54) is 38.5 Å². The first-order valence-corrected chi connectivity index (χ1v) is 8.50. The van der Waals surface area contributed by atoms with Crippen LogP contribution >= 0.6 is 0 Å². The Balaban J connectivity index is 3.81. The number of carboxylic acids is 1. The van der Waals surface area contributed by atoms with Crippen LogP contribution in [0.25, 0.3) is 0 Å². The Morgan fingerprint density at radius 1 is 1.00 bits per heavy atom. The normalized spacial score (nSPS) is 11.8. The van der Waals surface area contributed by atoms with E-state index in [4.69, 9.17) is 9.84 Å². The van der Waals surface area contributed by atoms with Crippen molar-refractivity contribution in [3.05, 3.63) is 11.6 Å². The molecule has 4 nitrogen and oxygen atoms in total. The van der Waals surface area contributed by atoms with Gasteiger partial charge in [0, 0.05) is 0 Å². The molecule has 0 fully saturated rings. The van der Waals surface area contributed by atoms with Gasteiger partial charge in [0.15, 0.2) is 0 Å². The average Bonchev–Trinajstić information content (AvgIpc) is 2.43. The van der Waals surface area contributed by atoms with Crippen LogP contribution in [0, 0.1) is 5.92 Å². The van der Waals surface area contributed by atoms with Crippen molar-refractivity contribution >= 4 is 11.9 Å². The van der Waals surface area contributed by atoms with Gasteiger partial charge in [-0.2, -0.15) is 0 Å². The van der Waals surface area contributed by atoms with Crippen LogP contribution in [0.4, 0.5) is 0 Å². The van der Waals surface area contributed by atoms with Gasteiger partial charge in [-0.05, 0) is 20.3 Å². The van der Waals surface area contributed by atoms with Crippen molar-refractivity contribution < 1.29 is 19.4 Å². The van der Waals surface area contributed by atoms with Crippen LogP contribution in [0.15, 0.2) is 11.6 Å². The van der Waals surface area contributed by atoms with Gasteiger partial charge in [0.2, 0.25) is 0 Å². The standard InChI is InChI=1S/C18H32O4/c1-4-5-6-7-8-9-10-11-12-22-18(21)16(13-15(2)3)14-17(19)20/h13,16H,4-12,14H2,1-3H3,(H,19,20). The second-order valence-electron chi connectivity index (χ2n) is 6.09. The van der Waals surface area contributed by atoms with E-state index in [0.717, 1.165) is 18.4 Å². The molecule has 0 aliphatic heterocycles. The van der Waals surface area contributed by atoms with Crippen LogP contribution in [0.5, 0.6) is 0 Å². The van der Waals surface area contributed by atoms with Gasteiger partial charge in [-0.25, -0.2) is 0 Å². The number of unbranched alkanes of at least 4 members (excludes halogenated alkanes) is 7. The minimum Gasteiger partial charge on any atom is -0.481 e. The van der Waals surface area contributed by atoms with Crippen LogP contribution in [-0.2, 0) is 14.3 Å². The van der Waals surface area contributed by atoms with Gasteiger partial charge in [0.25, 0.3) is 0 Å². The van der Waals surface area contributed by atoms with Gasteiger partial charge < -0.3 is 9.84 Å². The fourth-order valence-corrected chi connectivity index (χ4v) is 2.32.